The highest BCUT2D eigenvalue weighted by Gasteiger charge is 2.27. The Morgan fingerprint density at radius 3 is 2.26 bits per heavy atom. The summed E-state index contributed by atoms with van der Waals surface area (Å²) in [6.07, 6.45) is 0. The molecule has 0 atom stereocenters. The second kappa shape index (κ2) is 6.72. The van der Waals surface area contributed by atoms with Crippen LogP contribution in [0.5, 0.6) is 0 Å². The molecule has 23 heavy (non-hydrogen) atoms. The van der Waals surface area contributed by atoms with E-state index in [0.717, 1.165) is 19.9 Å². The molecule has 2 rings (SSSR count). The van der Waals surface area contributed by atoms with Crippen LogP contribution in [-0.2, 0) is 14.8 Å². The second-order valence-electron chi connectivity index (χ2n) is 5.15. The van der Waals surface area contributed by atoms with E-state index in [4.69, 9.17) is 5.11 Å². The van der Waals surface area contributed by atoms with Gasteiger partial charge in [-0.1, -0.05) is 33.6 Å². The molecule has 2 aromatic rings. The predicted octanol–water partition coefficient (Wildman–Crippen LogP) is 3.35. The number of benzene rings is 2. The van der Waals surface area contributed by atoms with Gasteiger partial charge in [-0.05, 0) is 49.7 Å². The zero-order valence-electron chi connectivity index (χ0n) is 12.7. The fourth-order valence-corrected chi connectivity index (χ4v) is 3.71. The number of hydrogen-bond donors (Lipinski definition) is 1. The van der Waals surface area contributed by atoms with Gasteiger partial charge in [-0.15, -0.1) is 0 Å². The molecule has 7 heteroatoms. The molecule has 2 aromatic carbocycles. The van der Waals surface area contributed by atoms with Crippen molar-refractivity contribution >= 4 is 37.6 Å². The number of sulfonamides is 1. The molecule has 5 nitrogen and oxygen atoms in total. The molecule has 0 fully saturated rings. The SMILES string of the molecule is Cc1ccc(S(=O)(=O)N(CC(=O)O)c2ccc(Br)c(C)c2)cc1. The Bertz CT molecular complexity index is 832. The molecule has 0 saturated heterocycles. The fraction of sp³-hybridized carbons (Fsp3) is 0.188. The summed E-state index contributed by atoms with van der Waals surface area (Å²) in [5.74, 6) is -1.22. The maximum Gasteiger partial charge on any atom is 0.324 e. The zero-order valence-corrected chi connectivity index (χ0v) is 15.1. The number of halogens is 1. The van der Waals surface area contributed by atoms with E-state index in [9.17, 15) is 13.2 Å². The third-order valence-corrected chi connectivity index (χ3v) is 6.00. The van der Waals surface area contributed by atoms with Crippen molar-refractivity contribution in [1.29, 1.82) is 0 Å². The lowest BCUT2D eigenvalue weighted by atomic mass is 10.2. The minimum atomic E-state index is -3.96. The average Bonchev–Trinajstić information content (AvgIpc) is 2.48. The number of carbonyl (C=O) groups is 1. The van der Waals surface area contributed by atoms with Gasteiger partial charge >= 0.3 is 5.97 Å². The van der Waals surface area contributed by atoms with Crippen molar-refractivity contribution < 1.29 is 18.3 Å². The number of hydrogen-bond acceptors (Lipinski definition) is 3. The van der Waals surface area contributed by atoms with Crippen molar-refractivity contribution in [3.8, 4) is 0 Å². The van der Waals surface area contributed by atoms with E-state index in [2.05, 4.69) is 15.9 Å². The number of anilines is 1. The number of carboxylic acids is 1. The quantitative estimate of drug-likeness (QED) is 0.839. The third kappa shape index (κ3) is 3.92. The molecule has 0 aliphatic carbocycles. The lowest BCUT2D eigenvalue weighted by molar-refractivity contribution is -0.135. The van der Waals surface area contributed by atoms with Crippen LogP contribution in [0.3, 0.4) is 0 Å². The summed E-state index contributed by atoms with van der Waals surface area (Å²) in [6.45, 7) is 3.02. The maximum absolute atomic E-state index is 12.8. The Morgan fingerprint density at radius 2 is 1.74 bits per heavy atom. The van der Waals surface area contributed by atoms with Crippen LogP contribution in [0.2, 0.25) is 0 Å². The lowest BCUT2D eigenvalue weighted by Gasteiger charge is -2.23. The summed E-state index contributed by atoms with van der Waals surface area (Å²) >= 11 is 3.35. The van der Waals surface area contributed by atoms with E-state index in [1.165, 1.54) is 12.1 Å². The largest absolute Gasteiger partial charge is 0.480 e. The van der Waals surface area contributed by atoms with E-state index >= 15 is 0 Å². The first-order valence-electron chi connectivity index (χ1n) is 6.79. The minimum absolute atomic E-state index is 0.0601. The van der Waals surface area contributed by atoms with Crippen molar-refractivity contribution in [2.75, 3.05) is 10.8 Å². The van der Waals surface area contributed by atoms with Crippen LogP contribution < -0.4 is 4.31 Å². The van der Waals surface area contributed by atoms with Gasteiger partial charge in [0.2, 0.25) is 0 Å². The van der Waals surface area contributed by atoms with Crippen LogP contribution in [0.4, 0.5) is 5.69 Å². The first-order valence-corrected chi connectivity index (χ1v) is 9.02. The highest BCUT2D eigenvalue weighted by atomic mass is 79.9. The van der Waals surface area contributed by atoms with E-state index < -0.39 is 22.5 Å². The topological polar surface area (TPSA) is 74.7 Å². The molecular weight excluding hydrogens is 382 g/mol. The van der Waals surface area contributed by atoms with Gasteiger partial charge in [-0.3, -0.25) is 9.10 Å². The Balaban J connectivity index is 2.55. The number of nitrogens with zero attached hydrogens (tertiary/aromatic N) is 1. The van der Waals surface area contributed by atoms with Crippen LogP contribution in [0.15, 0.2) is 51.8 Å². The number of aryl methyl sites for hydroxylation is 2. The predicted molar refractivity (Wildman–Crippen MR) is 92.2 cm³/mol. The van der Waals surface area contributed by atoms with Gasteiger partial charge in [0.25, 0.3) is 10.0 Å². The Hall–Kier alpha value is -1.86. The highest BCUT2D eigenvalue weighted by Crippen LogP contribution is 2.27. The van der Waals surface area contributed by atoms with Crippen LogP contribution in [0.1, 0.15) is 11.1 Å². The fourth-order valence-electron chi connectivity index (χ4n) is 2.06. The van der Waals surface area contributed by atoms with Crippen molar-refractivity contribution in [3.63, 3.8) is 0 Å². The molecule has 1 N–H and O–H groups in total. The lowest BCUT2D eigenvalue weighted by Crippen LogP contribution is -2.35. The maximum atomic E-state index is 12.8. The normalized spacial score (nSPS) is 11.3. The Labute approximate surface area is 143 Å². The molecular formula is C16H16BrNO4S. The molecule has 0 heterocycles. The highest BCUT2D eigenvalue weighted by molar-refractivity contribution is 9.10. The van der Waals surface area contributed by atoms with Gasteiger partial charge in [0, 0.05) is 4.47 Å². The summed E-state index contributed by atoms with van der Waals surface area (Å²) < 4.78 is 27.4. The number of rotatable bonds is 5. The molecule has 0 aliphatic rings. The van der Waals surface area contributed by atoms with Crippen LogP contribution in [0, 0.1) is 13.8 Å². The molecule has 0 aliphatic heterocycles. The van der Waals surface area contributed by atoms with Gasteiger partial charge in [0.05, 0.1) is 10.6 Å². The molecule has 0 bridgehead atoms. The Morgan fingerprint density at radius 1 is 1.13 bits per heavy atom. The summed E-state index contributed by atoms with van der Waals surface area (Å²) in [6, 6.07) is 11.2. The van der Waals surface area contributed by atoms with Crippen molar-refractivity contribution in [1.82, 2.24) is 0 Å². The monoisotopic (exact) mass is 397 g/mol. The van der Waals surface area contributed by atoms with Crippen molar-refractivity contribution in [2.24, 2.45) is 0 Å². The van der Waals surface area contributed by atoms with Gasteiger partial charge < -0.3 is 5.11 Å². The van der Waals surface area contributed by atoms with Gasteiger partial charge in [-0.25, -0.2) is 8.42 Å². The van der Waals surface area contributed by atoms with Crippen molar-refractivity contribution in [2.45, 2.75) is 18.7 Å². The first kappa shape index (κ1) is 17.5. The van der Waals surface area contributed by atoms with Crippen molar-refractivity contribution in [3.05, 3.63) is 58.1 Å². The van der Waals surface area contributed by atoms with E-state index in [0.29, 0.717) is 5.69 Å². The summed E-state index contributed by atoms with van der Waals surface area (Å²) in [5, 5.41) is 9.11. The van der Waals surface area contributed by atoms with Gasteiger partial charge in [0.15, 0.2) is 0 Å². The first-order chi connectivity index (χ1) is 10.7. The number of aliphatic carboxylic acids is 1. The van der Waals surface area contributed by atoms with E-state index in [1.54, 1.807) is 30.3 Å². The summed E-state index contributed by atoms with van der Waals surface area (Å²) in [7, 11) is -3.96. The molecule has 0 amide bonds. The Kier molecular flexibility index (Phi) is 5.11. The molecule has 0 spiro atoms. The smallest absolute Gasteiger partial charge is 0.324 e. The standard InChI is InChI=1S/C16H16BrNO4S/c1-11-3-6-14(7-4-11)23(21,22)18(10-16(19)20)13-5-8-15(17)12(2)9-13/h3-9H,10H2,1-2H3,(H,19,20). The third-order valence-electron chi connectivity index (χ3n) is 3.32. The molecule has 0 saturated carbocycles. The van der Waals surface area contributed by atoms with Gasteiger partial charge in [0.1, 0.15) is 6.54 Å². The van der Waals surface area contributed by atoms with E-state index in [1.807, 2.05) is 13.8 Å². The van der Waals surface area contributed by atoms with Crippen LogP contribution in [0.25, 0.3) is 0 Å². The van der Waals surface area contributed by atoms with Crippen LogP contribution in [-0.4, -0.2) is 26.0 Å². The molecule has 0 unspecified atom stereocenters. The molecule has 0 radical (unpaired) electrons. The molecule has 122 valence electrons. The number of carboxylic acid groups (broad SMARTS) is 1. The van der Waals surface area contributed by atoms with Crippen LogP contribution >= 0.6 is 15.9 Å². The summed E-state index contributed by atoms with van der Waals surface area (Å²) in [4.78, 5) is 11.2. The summed E-state index contributed by atoms with van der Waals surface area (Å²) in [5.41, 5.74) is 2.05. The minimum Gasteiger partial charge on any atom is -0.480 e. The zero-order chi connectivity index (χ0) is 17.2. The van der Waals surface area contributed by atoms with Gasteiger partial charge in [-0.2, -0.15) is 0 Å². The average molecular weight is 398 g/mol. The second-order valence-corrected chi connectivity index (χ2v) is 7.87. The van der Waals surface area contributed by atoms with E-state index in [-0.39, 0.29) is 4.90 Å². The molecule has 0 aromatic heterocycles.